The summed E-state index contributed by atoms with van der Waals surface area (Å²) in [4.78, 5) is 11.6. The van der Waals surface area contributed by atoms with Crippen LogP contribution in [0, 0.1) is 0 Å². The number of hydrogen-bond donors (Lipinski definition) is 3. The number of anilines is 1. The Bertz CT molecular complexity index is 592. The second-order valence-electron chi connectivity index (χ2n) is 8.29. The van der Waals surface area contributed by atoms with Gasteiger partial charge in [-0.3, -0.25) is 0 Å². The number of carbonyl (C=O) groups excluding carboxylic acids is 1. The molecule has 0 unspecified atom stereocenters. The lowest BCUT2D eigenvalue weighted by Gasteiger charge is -2.37. The van der Waals surface area contributed by atoms with E-state index < -0.39 is 22.9 Å². The van der Waals surface area contributed by atoms with Crippen molar-refractivity contribution in [2.45, 2.75) is 65.3 Å². The van der Waals surface area contributed by atoms with E-state index in [2.05, 4.69) is 10.6 Å². The molecule has 26 heavy (non-hydrogen) atoms. The zero-order chi connectivity index (χ0) is 20.0. The topological polar surface area (TPSA) is 79.8 Å². The van der Waals surface area contributed by atoms with Crippen molar-refractivity contribution >= 4 is 24.7 Å². The minimum Gasteiger partial charge on any atom is -0.444 e. The number of ether oxygens (including phenoxy) is 1. The molecular weight excluding hydrogens is 331 g/mol. The van der Waals surface area contributed by atoms with E-state index in [1.807, 2.05) is 58.9 Å². The quantitative estimate of drug-likeness (QED) is 0.488. The molecule has 0 fully saturated rings. The van der Waals surface area contributed by atoms with E-state index in [4.69, 9.17) is 9.39 Å². The lowest BCUT2D eigenvalue weighted by Crippen LogP contribution is -2.49. The van der Waals surface area contributed by atoms with Gasteiger partial charge >= 0.3 is 13.6 Å². The van der Waals surface area contributed by atoms with Gasteiger partial charge in [0.05, 0.1) is 11.2 Å². The van der Waals surface area contributed by atoms with Gasteiger partial charge in [-0.15, -0.1) is 0 Å². The Balaban J connectivity index is 2.44. The molecule has 7 heteroatoms. The van der Waals surface area contributed by atoms with Crippen molar-refractivity contribution in [2.24, 2.45) is 0 Å². The highest BCUT2D eigenvalue weighted by Gasteiger charge is 2.35. The lowest BCUT2D eigenvalue weighted by atomic mass is 9.82. The van der Waals surface area contributed by atoms with Crippen molar-refractivity contribution in [2.75, 3.05) is 18.4 Å². The van der Waals surface area contributed by atoms with Crippen LogP contribution in [0.25, 0.3) is 0 Å². The van der Waals surface area contributed by atoms with Crippen molar-refractivity contribution in [3.8, 4) is 0 Å². The van der Waals surface area contributed by atoms with Gasteiger partial charge < -0.3 is 25.1 Å². The molecule has 1 radical (unpaired) electrons. The molecule has 0 aliphatic heterocycles. The fraction of sp³-hybridized carbons (Fsp3) is 0.632. The molecule has 0 heterocycles. The lowest BCUT2D eigenvalue weighted by molar-refractivity contribution is -0.0893. The molecule has 0 saturated carbocycles. The van der Waals surface area contributed by atoms with Crippen LogP contribution in [0.2, 0.25) is 0 Å². The van der Waals surface area contributed by atoms with Crippen molar-refractivity contribution < 1.29 is 19.3 Å². The number of carbonyl (C=O) groups is 1. The van der Waals surface area contributed by atoms with Crippen molar-refractivity contribution in [1.82, 2.24) is 5.32 Å². The van der Waals surface area contributed by atoms with Crippen LogP contribution in [0.15, 0.2) is 24.3 Å². The van der Waals surface area contributed by atoms with Crippen LogP contribution in [-0.4, -0.2) is 48.6 Å². The SMILES string of the molecule is CC(C)(C)OC(=O)NCCNc1cccc([B]OC(C)(C)C(C)(C)O)c1. The summed E-state index contributed by atoms with van der Waals surface area (Å²) < 4.78 is 10.9. The van der Waals surface area contributed by atoms with Gasteiger partial charge in [-0.1, -0.05) is 17.6 Å². The van der Waals surface area contributed by atoms with E-state index in [9.17, 15) is 9.90 Å². The summed E-state index contributed by atoms with van der Waals surface area (Å²) in [5.41, 5.74) is -0.388. The Morgan fingerprint density at radius 2 is 1.77 bits per heavy atom. The highest BCUT2D eigenvalue weighted by Crippen LogP contribution is 2.24. The van der Waals surface area contributed by atoms with E-state index in [1.54, 1.807) is 21.3 Å². The Morgan fingerprint density at radius 1 is 1.12 bits per heavy atom. The number of rotatable bonds is 8. The van der Waals surface area contributed by atoms with Crippen LogP contribution in [-0.2, 0) is 9.39 Å². The third-order valence-electron chi connectivity index (χ3n) is 3.97. The van der Waals surface area contributed by atoms with Gasteiger partial charge in [0.25, 0.3) is 0 Å². The molecule has 0 atom stereocenters. The largest absolute Gasteiger partial charge is 0.444 e. The van der Waals surface area contributed by atoms with Crippen molar-refractivity contribution in [3.05, 3.63) is 24.3 Å². The second-order valence-corrected chi connectivity index (χ2v) is 8.29. The van der Waals surface area contributed by atoms with Crippen molar-refractivity contribution in [1.29, 1.82) is 0 Å². The zero-order valence-corrected chi connectivity index (χ0v) is 17.0. The van der Waals surface area contributed by atoms with Gasteiger partial charge in [0.1, 0.15) is 5.60 Å². The Hall–Kier alpha value is -1.73. The number of hydrogen-bond acceptors (Lipinski definition) is 5. The highest BCUT2D eigenvalue weighted by atomic mass is 16.6. The summed E-state index contributed by atoms with van der Waals surface area (Å²) in [6.45, 7) is 13.6. The summed E-state index contributed by atoms with van der Waals surface area (Å²) in [5, 5.41) is 16.1. The van der Waals surface area contributed by atoms with E-state index in [0.29, 0.717) is 13.1 Å². The second kappa shape index (κ2) is 8.78. The number of aliphatic hydroxyl groups is 1. The maximum Gasteiger partial charge on any atom is 0.407 e. The summed E-state index contributed by atoms with van der Waals surface area (Å²) in [5.74, 6) is 0. The van der Waals surface area contributed by atoms with Gasteiger partial charge in [0.15, 0.2) is 0 Å². The van der Waals surface area contributed by atoms with Crippen LogP contribution < -0.4 is 16.1 Å². The van der Waals surface area contributed by atoms with Crippen LogP contribution in [0.1, 0.15) is 48.5 Å². The number of nitrogens with one attached hydrogen (secondary N) is 2. The summed E-state index contributed by atoms with van der Waals surface area (Å²) in [7, 11) is 1.64. The minimum absolute atomic E-state index is 0.427. The molecule has 0 spiro atoms. The molecular formula is C19H32BN2O4. The molecule has 3 N–H and O–H groups in total. The predicted octanol–water partition coefficient (Wildman–Crippen LogP) is 2.43. The predicted molar refractivity (Wildman–Crippen MR) is 106 cm³/mol. The Labute approximate surface area is 157 Å². The van der Waals surface area contributed by atoms with Crippen LogP contribution in [0.4, 0.5) is 10.5 Å². The monoisotopic (exact) mass is 363 g/mol. The molecule has 6 nitrogen and oxygen atoms in total. The fourth-order valence-electron chi connectivity index (χ4n) is 1.77. The zero-order valence-electron chi connectivity index (χ0n) is 17.0. The van der Waals surface area contributed by atoms with E-state index >= 15 is 0 Å². The fourth-order valence-corrected chi connectivity index (χ4v) is 1.77. The highest BCUT2D eigenvalue weighted by molar-refractivity contribution is 6.47. The average molecular weight is 363 g/mol. The van der Waals surface area contributed by atoms with Gasteiger partial charge in [0.2, 0.25) is 0 Å². The first-order valence-corrected chi connectivity index (χ1v) is 8.84. The third kappa shape index (κ3) is 8.10. The molecule has 0 saturated heterocycles. The smallest absolute Gasteiger partial charge is 0.407 e. The maximum atomic E-state index is 11.6. The Morgan fingerprint density at radius 3 is 2.35 bits per heavy atom. The van der Waals surface area contributed by atoms with Crippen LogP contribution >= 0.6 is 0 Å². The molecule has 1 aromatic rings. The van der Waals surface area contributed by atoms with Crippen LogP contribution in [0.5, 0.6) is 0 Å². The van der Waals surface area contributed by atoms with Gasteiger partial charge in [-0.05, 0) is 60.6 Å². The third-order valence-corrected chi connectivity index (χ3v) is 3.97. The normalized spacial score (nSPS) is 12.5. The maximum absolute atomic E-state index is 11.6. The Kier molecular flexibility index (Phi) is 7.53. The molecule has 145 valence electrons. The summed E-state index contributed by atoms with van der Waals surface area (Å²) in [6, 6.07) is 7.71. The van der Waals surface area contributed by atoms with Crippen molar-refractivity contribution in [3.63, 3.8) is 0 Å². The summed E-state index contributed by atoms with van der Waals surface area (Å²) in [6.07, 6.45) is -0.427. The molecule has 0 aliphatic carbocycles. The van der Waals surface area contributed by atoms with E-state index in [0.717, 1.165) is 11.2 Å². The first-order chi connectivity index (χ1) is 11.8. The molecule has 0 bridgehead atoms. The van der Waals surface area contributed by atoms with Gasteiger partial charge in [-0.25, -0.2) is 4.79 Å². The average Bonchev–Trinajstić information content (AvgIpc) is 2.47. The molecule has 0 aliphatic rings. The first kappa shape index (κ1) is 22.3. The van der Waals surface area contributed by atoms with Gasteiger partial charge in [-0.2, -0.15) is 0 Å². The molecule has 1 amide bonds. The number of alkyl carbamates (subject to hydrolysis) is 1. The standard InChI is InChI=1S/C19H32BN2O4/c1-17(2,3)25-16(23)22-12-11-21-15-10-8-9-14(13-15)20-26-19(6,7)18(4,5)24/h8-10,13,21,24H,11-12H2,1-7H3,(H,22,23). The van der Waals surface area contributed by atoms with E-state index in [1.165, 1.54) is 0 Å². The molecule has 1 aromatic carbocycles. The molecule has 0 aromatic heterocycles. The number of amides is 1. The van der Waals surface area contributed by atoms with E-state index in [-0.39, 0.29) is 0 Å². The summed E-state index contributed by atoms with van der Waals surface area (Å²) >= 11 is 0. The number of benzene rings is 1. The van der Waals surface area contributed by atoms with Crippen LogP contribution in [0.3, 0.4) is 0 Å². The van der Waals surface area contributed by atoms with Gasteiger partial charge in [0, 0.05) is 18.8 Å². The molecule has 1 rings (SSSR count). The minimum atomic E-state index is -0.966. The first-order valence-electron chi connectivity index (χ1n) is 8.84.